The summed E-state index contributed by atoms with van der Waals surface area (Å²) < 4.78 is 10.5. The van der Waals surface area contributed by atoms with Crippen LogP contribution in [0, 0.1) is 5.92 Å². The van der Waals surface area contributed by atoms with Gasteiger partial charge in [-0.05, 0) is 32.8 Å². The summed E-state index contributed by atoms with van der Waals surface area (Å²) in [5, 5.41) is 3.31. The van der Waals surface area contributed by atoms with Crippen molar-refractivity contribution in [3.63, 3.8) is 0 Å². The van der Waals surface area contributed by atoms with E-state index in [-0.39, 0.29) is 11.9 Å². The topological polar surface area (TPSA) is 76.1 Å². The van der Waals surface area contributed by atoms with E-state index in [0.717, 1.165) is 37.5 Å². The molecule has 2 rings (SSSR count). The Balaban J connectivity index is 2.09. The molecule has 1 aliphatic heterocycles. The van der Waals surface area contributed by atoms with E-state index in [4.69, 9.17) is 14.5 Å². The molecular weight excluding hydrogens is 320 g/mol. The SMILES string of the molecule is CCNC(=NCc1cccnc1OC)N1CCCC(C(=O)OCC)C1. The predicted octanol–water partition coefficient (Wildman–Crippen LogP) is 1.83. The Kier molecular flexibility index (Phi) is 7.50. The maximum atomic E-state index is 12.1. The number of nitrogens with one attached hydrogen (secondary N) is 1. The first-order valence-electron chi connectivity index (χ1n) is 8.87. The summed E-state index contributed by atoms with van der Waals surface area (Å²) in [6.45, 7) is 7.05. The van der Waals surface area contributed by atoms with Crippen molar-refractivity contribution in [2.24, 2.45) is 10.9 Å². The number of guanidine groups is 1. The highest BCUT2D eigenvalue weighted by atomic mass is 16.5. The van der Waals surface area contributed by atoms with Gasteiger partial charge in [0.25, 0.3) is 0 Å². The fraction of sp³-hybridized carbons (Fsp3) is 0.611. The number of esters is 1. The first-order valence-corrected chi connectivity index (χ1v) is 8.87. The zero-order valence-electron chi connectivity index (χ0n) is 15.3. The molecule has 0 aliphatic carbocycles. The molecule has 0 radical (unpaired) electrons. The number of hydrogen-bond donors (Lipinski definition) is 1. The molecular formula is C18H28N4O3. The van der Waals surface area contributed by atoms with Gasteiger partial charge in [-0.3, -0.25) is 4.79 Å². The van der Waals surface area contributed by atoms with Crippen molar-refractivity contribution in [1.82, 2.24) is 15.2 Å². The third-order valence-corrected chi connectivity index (χ3v) is 4.12. The molecule has 1 saturated heterocycles. The highest BCUT2D eigenvalue weighted by Crippen LogP contribution is 2.19. The van der Waals surface area contributed by atoms with E-state index in [9.17, 15) is 4.79 Å². The summed E-state index contributed by atoms with van der Waals surface area (Å²) >= 11 is 0. The Morgan fingerprint density at radius 1 is 1.48 bits per heavy atom. The Morgan fingerprint density at radius 3 is 3.04 bits per heavy atom. The molecule has 0 saturated carbocycles. The van der Waals surface area contributed by atoms with E-state index in [1.54, 1.807) is 13.3 Å². The lowest BCUT2D eigenvalue weighted by atomic mass is 9.98. The smallest absolute Gasteiger partial charge is 0.310 e. The minimum absolute atomic E-state index is 0.0921. The van der Waals surface area contributed by atoms with Crippen LogP contribution in [0.5, 0.6) is 5.88 Å². The summed E-state index contributed by atoms with van der Waals surface area (Å²) in [7, 11) is 1.61. The lowest BCUT2D eigenvalue weighted by Crippen LogP contribution is -2.48. The number of aliphatic imine (C=N–C) groups is 1. The van der Waals surface area contributed by atoms with E-state index in [1.165, 1.54) is 0 Å². The van der Waals surface area contributed by atoms with Gasteiger partial charge in [0.1, 0.15) is 0 Å². The molecule has 25 heavy (non-hydrogen) atoms. The number of carbonyl (C=O) groups excluding carboxylic acids is 1. The second kappa shape index (κ2) is 9.86. The molecule has 2 heterocycles. The van der Waals surface area contributed by atoms with Crippen LogP contribution in [-0.4, -0.2) is 55.2 Å². The Hall–Kier alpha value is -2.31. The van der Waals surface area contributed by atoms with E-state index in [1.807, 2.05) is 26.0 Å². The van der Waals surface area contributed by atoms with Gasteiger partial charge < -0.3 is 19.7 Å². The average molecular weight is 348 g/mol. The molecule has 1 N–H and O–H groups in total. The summed E-state index contributed by atoms with van der Waals surface area (Å²) in [5.41, 5.74) is 0.930. The molecule has 0 amide bonds. The largest absolute Gasteiger partial charge is 0.481 e. The Morgan fingerprint density at radius 2 is 2.32 bits per heavy atom. The first-order chi connectivity index (χ1) is 12.2. The van der Waals surface area contributed by atoms with Crippen molar-refractivity contribution in [2.75, 3.05) is 33.4 Å². The first kappa shape index (κ1) is 19.0. The Labute approximate surface area is 149 Å². The molecule has 0 bridgehead atoms. The summed E-state index contributed by atoms with van der Waals surface area (Å²) in [6, 6.07) is 3.83. The van der Waals surface area contributed by atoms with Crippen LogP contribution in [0.4, 0.5) is 0 Å². The second-order valence-electron chi connectivity index (χ2n) is 5.88. The van der Waals surface area contributed by atoms with Crippen LogP contribution in [0.3, 0.4) is 0 Å². The molecule has 1 unspecified atom stereocenters. The van der Waals surface area contributed by atoms with Gasteiger partial charge in [0, 0.05) is 31.4 Å². The maximum Gasteiger partial charge on any atom is 0.310 e. The standard InChI is InChI=1S/C18H28N4O3/c1-4-19-18(21-12-14-8-6-10-20-16(14)24-3)22-11-7-9-15(13-22)17(23)25-5-2/h6,8,10,15H,4-5,7,9,11-13H2,1-3H3,(H,19,21). The summed E-state index contributed by atoms with van der Waals surface area (Å²) in [6.07, 6.45) is 3.51. The van der Waals surface area contributed by atoms with Crippen LogP contribution in [0.1, 0.15) is 32.3 Å². The quantitative estimate of drug-likeness (QED) is 0.480. The number of rotatable bonds is 6. The molecule has 1 fully saturated rings. The minimum Gasteiger partial charge on any atom is -0.481 e. The van der Waals surface area contributed by atoms with Crippen LogP contribution >= 0.6 is 0 Å². The number of nitrogens with zero attached hydrogens (tertiary/aromatic N) is 3. The highest BCUT2D eigenvalue weighted by molar-refractivity contribution is 5.81. The van der Waals surface area contributed by atoms with Gasteiger partial charge >= 0.3 is 5.97 Å². The fourth-order valence-corrected chi connectivity index (χ4v) is 2.94. The molecule has 138 valence electrons. The fourth-order valence-electron chi connectivity index (χ4n) is 2.94. The van der Waals surface area contributed by atoms with Crippen molar-refractivity contribution in [2.45, 2.75) is 33.2 Å². The lowest BCUT2D eigenvalue weighted by molar-refractivity contribution is -0.149. The molecule has 1 aromatic heterocycles. The van der Waals surface area contributed by atoms with Crippen molar-refractivity contribution >= 4 is 11.9 Å². The molecule has 0 spiro atoms. The van der Waals surface area contributed by atoms with Crippen LogP contribution in [0.25, 0.3) is 0 Å². The van der Waals surface area contributed by atoms with Crippen LogP contribution in [0.2, 0.25) is 0 Å². The van der Waals surface area contributed by atoms with Gasteiger partial charge in [-0.25, -0.2) is 9.98 Å². The van der Waals surface area contributed by atoms with Gasteiger partial charge in [-0.15, -0.1) is 0 Å². The minimum atomic E-state index is -0.114. The molecule has 0 aromatic carbocycles. The summed E-state index contributed by atoms with van der Waals surface area (Å²) in [4.78, 5) is 23.1. The molecule has 1 atom stereocenters. The van der Waals surface area contributed by atoms with Crippen LogP contribution in [0.15, 0.2) is 23.3 Å². The van der Waals surface area contributed by atoms with Crippen molar-refractivity contribution < 1.29 is 14.3 Å². The second-order valence-corrected chi connectivity index (χ2v) is 5.88. The van der Waals surface area contributed by atoms with Crippen molar-refractivity contribution in [3.05, 3.63) is 23.9 Å². The van der Waals surface area contributed by atoms with Gasteiger partial charge in [0.15, 0.2) is 5.96 Å². The van der Waals surface area contributed by atoms with Crippen LogP contribution in [-0.2, 0) is 16.1 Å². The lowest BCUT2D eigenvalue weighted by Gasteiger charge is -2.34. The van der Waals surface area contributed by atoms with E-state index in [2.05, 4.69) is 15.2 Å². The number of piperidine rings is 1. The molecule has 1 aliphatic rings. The van der Waals surface area contributed by atoms with E-state index >= 15 is 0 Å². The Bertz CT molecular complexity index is 591. The number of likely N-dealkylation sites (tertiary alicyclic amines) is 1. The number of pyridine rings is 1. The number of carbonyl (C=O) groups is 1. The van der Waals surface area contributed by atoms with Gasteiger partial charge in [0.2, 0.25) is 5.88 Å². The van der Waals surface area contributed by atoms with Crippen LogP contribution < -0.4 is 10.1 Å². The van der Waals surface area contributed by atoms with E-state index in [0.29, 0.717) is 25.6 Å². The molecule has 7 heteroatoms. The number of aromatic nitrogens is 1. The predicted molar refractivity (Wildman–Crippen MR) is 96.5 cm³/mol. The highest BCUT2D eigenvalue weighted by Gasteiger charge is 2.28. The number of hydrogen-bond acceptors (Lipinski definition) is 5. The number of ether oxygens (including phenoxy) is 2. The molecule has 7 nitrogen and oxygen atoms in total. The van der Waals surface area contributed by atoms with E-state index < -0.39 is 0 Å². The summed E-state index contributed by atoms with van der Waals surface area (Å²) in [5.74, 6) is 1.19. The van der Waals surface area contributed by atoms with Crippen molar-refractivity contribution in [1.29, 1.82) is 0 Å². The van der Waals surface area contributed by atoms with Gasteiger partial charge in [0.05, 0.1) is 26.2 Å². The van der Waals surface area contributed by atoms with Gasteiger partial charge in [-0.2, -0.15) is 0 Å². The third-order valence-electron chi connectivity index (χ3n) is 4.12. The normalized spacial score (nSPS) is 18.0. The zero-order valence-corrected chi connectivity index (χ0v) is 15.3. The maximum absolute atomic E-state index is 12.1. The monoisotopic (exact) mass is 348 g/mol. The third kappa shape index (κ3) is 5.34. The van der Waals surface area contributed by atoms with Gasteiger partial charge in [-0.1, -0.05) is 6.07 Å². The number of methoxy groups -OCH3 is 1. The van der Waals surface area contributed by atoms with Crippen molar-refractivity contribution in [3.8, 4) is 5.88 Å². The molecule has 1 aromatic rings. The zero-order chi connectivity index (χ0) is 18.1. The average Bonchev–Trinajstić information content (AvgIpc) is 2.65.